The molecule has 0 saturated carbocycles. The van der Waals surface area contributed by atoms with Gasteiger partial charge < -0.3 is 9.80 Å². The molecule has 2 heterocycles. The van der Waals surface area contributed by atoms with E-state index < -0.39 is 0 Å². The van der Waals surface area contributed by atoms with Crippen molar-refractivity contribution in [2.75, 3.05) is 31.1 Å². The van der Waals surface area contributed by atoms with E-state index in [0.29, 0.717) is 6.42 Å². The number of carbonyl (C=O) groups excluding carboxylic acids is 1. The van der Waals surface area contributed by atoms with Crippen LogP contribution in [-0.4, -0.2) is 42.0 Å². The number of anilines is 1. The Morgan fingerprint density at radius 3 is 1.97 bits per heavy atom. The number of para-hydroxylation sites is 1. The lowest BCUT2D eigenvalue weighted by Gasteiger charge is -2.36. The second-order valence-electron chi connectivity index (χ2n) is 8.31. The van der Waals surface area contributed by atoms with E-state index in [4.69, 9.17) is 4.98 Å². The quantitative estimate of drug-likeness (QED) is 0.450. The first-order valence-electron chi connectivity index (χ1n) is 11.3. The molecule has 3 aromatic carbocycles. The molecule has 4 nitrogen and oxygen atoms in total. The smallest absolute Gasteiger partial charge is 0.223 e. The topological polar surface area (TPSA) is 36.4 Å². The maximum atomic E-state index is 13.3. The third kappa shape index (κ3) is 4.35. The monoisotopic (exact) mass is 421 g/mol. The summed E-state index contributed by atoms with van der Waals surface area (Å²) in [6, 6.07) is 33.1. The summed E-state index contributed by atoms with van der Waals surface area (Å²) in [4.78, 5) is 22.4. The number of benzene rings is 3. The fourth-order valence-corrected chi connectivity index (χ4v) is 4.52. The number of aromatic nitrogens is 1. The first kappa shape index (κ1) is 20.3. The van der Waals surface area contributed by atoms with E-state index in [0.717, 1.165) is 42.9 Å². The highest BCUT2D eigenvalue weighted by Gasteiger charge is 2.25. The molecule has 0 N–H and O–H groups in total. The molecule has 0 bridgehead atoms. The van der Waals surface area contributed by atoms with Crippen LogP contribution >= 0.6 is 0 Å². The Balaban J connectivity index is 1.27. The zero-order chi connectivity index (χ0) is 21.8. The predicted octanol–water partition coefficient (Wildman–Crippen LogP) is 5.11. The molecule has 4 aromatic rings. The molecule has 0 aliphatic carbocycles. The molecule has 1 aromatic heterocycles. The van der Waals surface area contributed by atoms with Crippen molar-refractivity contribution in [3.63, 3.8) is 0 Å². The number of amides is 1. The van der Waals surface area contributed by atoms with E-state index in [9.17, 15) is 4.79 Å². The maximum Gasteiger partial charge on any atom is 0.223 e. The van der Waals surface area contributed by atoms with Crippen LogP contribution in [0, 0.1) is 0 Å². The van der Waals surface area contributed by atoms with Crippen molar-refractivity contribution in [1.82, 2.24) is 9.88 Å². The van der Waals surface area contributed by atoms with Crippen LogP contribution in [-0.2, 0) is 4.79 Å². The van der Waals surface area contributed by atoms with Crippen LogP contribution in [0.25, 0.3) is 10.9 Å². The molecule has 0 atom stereocenters. The van der Waals surface area contributed by atoms with Gasteiger partial charge in [-0.2, -0.15) is 0 Å². The number of piperazine rings is 1. The second kappa shape index (κ2) is 9.23. The summed E-state index contributed by atoms with van der Waals surface area (Å²) in [6.45, 7) is 3.06. The minimum Gasteiger partial charge on any atom is -0.353 e. The van der Waals surface area contributed by atoms with Crippen LogP contribution < -0.4 is 4.90 Å². The Hall–Kier alpha value is -3.66. The van der Waals surface area contributed by atoms with Crippen LogP contribution in [0.15, 0.2) is 97.1 Å². The molecular weight excluding hydrogens is 394 g/mol. The van der Waals surface area contributed by atoms with Crippen LogP contribution in [0.2, 0.25) is 0 Å². The SMILES string of the molecule is O=C(CC(c1ccccc1)c1ccccc1)N1CCN(c2ccc3ccccc3n2)CC1. The van der Waals surface area contributed by atoms with Gasteiger partial charge in [0.05, 0.1) is 5.52 Å². The lowest BCUT2D eigenvalue weighted by Crippen LogP contribution is -2.49. The van der Waals surface area contributed by atoms with Crippen molar-refractivity contribution in [1.29, 1.82) is 0 Å². The van der Waals surface area contributed by atoms with Crippen molar-refractivity contribution in [2.24, 2.45) is 0 Å². The van der Waals surface area contributed by atoms with E-state index in [2.05, 4.69) is 47.4 Å². The first-order valence-corrected chi connectivity index (χ1v) is 11.3. The van der Waals surface area contributed by atoms with Crippen molar-refractivity contribution < 1.29 is 4.79 Å². The first-order chi connectivity index (χ1) is 15.8. The molecule has 0 radical (unpaired) electrons. The third-order valence-electron chi connectivity index (χ3n) is 6.32. The van der Waals surface area contributed by atoms with Crippen LogP contribution in [0.4, 0.5) is 5.82 Å². The fourth-order valence-electron chi connectivity index (χ4n) is 4.52. The van der Waals surface area contributed by atoms with E-state index in [1.165, 1.54) is 11.1 Å². The highest BCUT2D eigenvalue weighted by molar-refractivity contribution is 5.80. The molecule has 1 aliphatic heterocycles. The molecule has 1 aliphatic rings. The van der Waals surface area contributed by atoms with Crippen LogP contribution in [0.1, 0.15) is 23.5 Å². The van der Waals surface area contributed by atoms with Gasteiger partial charge in [-0.15, -0.1) is 0 Å². The van der Waals surface area contributed by atoms with Gasteiger partial charge in [-0.25, -0.2) is 4.98 Å². The Labute approximate surface area is 189 Å². The molecule has 1 fully saturated rings. The highest BCUT2D eigenvalue weighted by atomic mass is 16.2. The molecule has 1 saturated heterocycles. The van der Waals surface area contributed by atoms with Gasteiger partial charge in [-0.05, 0) is 29.3 Å². The third-order valence-corrected chi connectivity index (χ3v) is 6.32. The Morgan fingerprint density at radius 2 is 1.31 bits per heavy atom. The summed E-state index contributed by atoms with van der Waals surface area (Å²) in [5.74, 6) is 1.28. The van der Waals surface area contributed by atoms with Gasteiger partial charge in [0.25, 0.3) is 0 Å². The number of rotatable bonds is 5. The number of hydrogen-bond acceptors (Lipinski definition) is 3. The molecule has 1 amide bonds. The van der Waals surface area contributed by atoms with Crippen molar-refractivity contribution in [3.05, 3.63) is 108 Å². The number of hydrogen-bond donors (Lipinski definition) is 0. The maximum absolute atomic E-state index is 13.3. The summed E-state index contributed by atoms with van der Waals surface area (Å²) < 4.78 is 0. The summed E-state index contributed by atoms with van der Waals surface area (Å²) in [5.41, 5.74) is 3.38. The molecular formula is C28H27N3O. The van der Waals surface area contributed by atoms with E-state index in [1.807, 2.05) is 59.5 Å². The summed E-state index contributed by atoms with van der Waals surface area (Å²) in [7, 11) is 0. The Bertz CT molecular complexity index is 1150. The predicted molar refractivity (Wildman–Crippen MR) is 130 cm³/mol. The van der Waals surface area contributed by atoms with Gasteiger partial charge in [0.2, 0.25) is 5.91 Å². The van der Waals surface area contributed by atoms with E-state index >= 15 is 0 Å². The number of fused-ring (bicyclic) bond motifs is 1. The minimum atomic E-state index is 0.0742. The van der Waals surface area contributed by atoms with Gasteiger partial charge in [-0.1, -0.05) is 78.9 Å². The standard InChI is InChI=1S/C28H27N3O/c32-28(21-25(22-9-3-1-4-10-22)23-11-5-2-6-12-23)31-19-17-30(18-20-31)27-16-15-24-13-7-8-14-26(24)29-27/h1-16,25H,17-21H2. The number of pyridine rings is 1. The van der Waals surface area contributed by atoms with Crippen molar-refractivity contribution >= 4 is 22.6 Å². The van der Waals surface area contributed by atoms with E-state index in [1.54, 1.807) is 0 Å². The molecule has 0 spiro atoms. The normalized spacial score (nSPS) is 14.2. The van der Waals surface area contributed by atoms with Crippen molar-refractivity contribution in [3.8, 4) is 0 Å². The molecule has 0 unspecified atom stereocenters. The lowest BCUT2D eigenvalue weighted by atomic mass is 9.88. The van der Waals surface area contributed by atoms with Crippen LogP contribution in [0.3, 0.4) is 0 Å². The van der Waals surface area contributed by atoms with Gasteiger partial charge in [-0.3, -0.25) is 4.79 Å². The molecule has 32 heavy (non-hydrogen) atoms. The van der Waals surface area contributed by atoms with E-state index in [-0.39, 0.29) is 11.8 Å². The van der Waals surface area contributed by atoms with Gasteiger partial charge in [0.15, 0.2) is 0 Å². The number of carbonyl (C=O) groups is 1. The average Bonchev–Trinajstić information content (AvgIpc) is 2.88. The second-order valence-corrected chi connectivity index (χ2v) is 8.31. The van der Waals surface area contributed by atoms with Crippen molar-refractivity contribution in [2.45, 2.75) is 12.3 Å². The van der Waals surface area contributed by atoms with Crippen LogP contribution in [0.5, 0.6) is 0 Å². The lowest BCUT2D eigenvalue weighted by molar-refractivity contribution is -0.131. The molecule has 160 valence electrons. The van der Waals surface area contributed by atoms with Gasteiger partial charge in [0, 0.05) is 43.9 Å². The Morgan fingerprint density at radius 1 is 0.719 bits per heavy atom. The summed E-state index contributed by atoms with van der Waals surface area (Å²) >= 11 is 0. The molecule has 4 heteroatoms. The summed E-state index contributed by atoms with van der Waals surface area (Å²) in [6.07, 6.45) is 0.488. The van der Waals surface area contributed by atoms with Gasteiger partial charge >= 0.3 is 0 Å². The Kier molecular flexibility index (Phi) is 5.84. The number of nitrogens with zero attached hydrogens (tertiary/aromatic N) is 3. The average molecular weight is 422 g/mol. The zero-order valence-electron chi connectivity index (χ0n) is 18.1. The minimum absolute atomic E-state index is 0.0742. The van der Waals surface area contributed by atoms with Gasteiger partial charge in [0.1, 0.15) is 5.82 Å². The zero-order valence-corrected chi connectivity index (χ0v) is 18.1. The molecule has 5 rings (SSSR count). The summed E-state index contributed by atoms with van der Waals surface area (Å²) in [5, 5.41) is 1.15. The largest absolute Gasteiger partial charge is 0.353 e. The highest BCUT2D eigenvalue weighted by Crippen LogP contribution is 2.29. The fraction of sp³-hybridized carbons (Fsp3) is 0.214.